The average molecular weight is 257 g/mol. The van der Waals surface area contributed by atoms with Crippen molar-refractivity contribution in [1.82, 2.24) is 15.1 Å². The summed E-state index contributed by atoms with van der Waals surface area (Å²) in [6.45, 7) is 5.25. The summed E-state index contributed by atoms with van der Waals surface area (Å²) >= 11 is 0. The van der Waals surface area contributed by atoms with E-state index in [-0.39, 0.29) is 0 Å². The van der Waals surface area contributed by atoms with E-state index >= 15 is 0 Å². The summed E-state index contributed by atoms with van der Waals surface area (Å²) in [4.78, 5) is 0. The second-order valence-corrected chi connectivity index (χ2v) is 5.08. The number of hydrogen-bond donors (Lipinski definition) is 1. The van der Waals surface area contributed by atoms with E-state index in [0.29, 0.717) is 6.04 Å². The third-order valence-electron chi connectivity index (χ3n) is 3.42. The molecule has 0 radical (unpaired) electrons. The number of rotatable bonds is 6. The Balaban J connectivity index is 1.99. The van der Waals surface area contributed by atoms with E-state index < -0.39 is 0 Å². The van der Waals surface area contributed by atoms with Crippen LogP contribution in [0.1, 0.15) is 36.1 Å². The maximum absolute atomic E-state index is 4.26. The summed E-state index contributed by atoms with van der Waals surface area (Å²) in [7, 11) is 1.96. The first-order chi connectivity index (χ1) is 9.19. The lowest BCUT2D eigenvalue weighted by atomic mass is 10.0. The predicted octanol–water partition coefficient (Wildman–Crippen LogP) is 3.01. The molecule has 0 amide bonds. The van der Waals surface area contributed by atoms with E-state index in [2.05, 4.69) is 54.7 Å². The van der Waals surface area contributed by atoms with Gasteiger partial charge >= 0.3 is 0 Å². The number of hydrogen-bond acceptors (Lipinski definition) is 2. The Hall–Kier alpha value is -1.61. The van der Waals surface area contributed by atoms with Crippen molar-refractivity contribution in [2.45, 2.75) is 32.7 Å². The molecule has 0 spiro atoms. The molecule has 2 rings (SSSR count). The van der Waals surface area contributed by atoms with Crippen molar-refractivity contribution in [1.29, 1.82) is 0 Å². The third kappa shape index (κ3) is 3.93. The molecule has 0 aliphatic rings. The fourth-order valence-electron chi connectivity index (χ4n) is 2.32. The zero-order chi connectivity index (χ0) is 13.7. The van der Waals surface area contributed by atoms with Crippen LogP contribution < -0.4 is 5.32 Å². The second-order valence-electron chi connectivity index (χ2n) is 5.08. The topological polar surface area (TPSA) is 29.9 Å². The molecular formula is C16H23N3. The van der Waals surface area contributed by atoms with Crippen molar-refractivity contribution < 1.29 is 0 Å². The summed E-state index contributed by atoms with van der Waals surface area (Å²) in [5, 5.41) is 7.80. The average Bonchev–Trinajstić information content (AvgIpc) is 2.83. The van der Waals surface area contributed by atoms with E-state index in [0.717, 1.165) is 19.4 Å². The van der Waals surface area contributed by atoms with Crippen molar-refractivity contribution >= 4 is 0 Å². The molecule has 0 aliphatic carbocycles. The molecule has 2 aromatic rings. The standard InChI is InChI=1S/C16H23N3/c1-4-17-16(15-11-18-19(3)12-15)10-9-14-7-5-13(2)6-8-14/h5-8,11-12,16-17H,4,9-10H2,1-3H3. The highest BCUT2D eigenvalue weighted by Gasteiger charge is 2.11. The Morgan fingerprint density at radius 3 is 2.58 bits per heavy atom. The van der Waals surface area contributed by atoms with Crippen LogP contribution in [0.3, 0.4) is 0 Å². The van der Waals surface area contributed by atoms with Gasteiger partial charge in [-0.2, -0.15) is 5.10 Å². The molecule has 0 bridgehead atoms. The summed E-state index contributed by atoms with van der Waals surface area (Å²) in [6.07, 6.45) is 6.25. The van der Waals surface area contributed by atoms with Crippen LogP contribution in [0, 0.1) is 6.92 Å². The summed E-state index contributed by atoms with van der Waals surface area (Å²) < 4.78 is 1.87. The molecule has 1 unspecified atom stereocenters. The molecule has 1 heterocycles. The number of aryl methyl sites for hydroxylation is 3. The minimum atomic E-state index is 0.389. The number of nitrogens with one attached hydrogen (secondary N) is 1. The Morgan fingerprint density at radius 2 is 2.00 bits per heavy atom. The normalized spacial score (nSPS) is 12.6. The van der Waals surface area contributed by atoms with Gasteiger partial charge in [-0.15, -0.1) is 0 Å². The lowest BCUT2D eigenvalue weighted by Crippen LogP contribution is -2.21. The van der Waals surface area contributed by atoms with Gasteiger partial charge in [0.05, 0.1) is 6.20 Å². The maximum Gasteiger partial charge on any atom is 0.0537 e. The van der Waals surface area contributed by atoms with Gasteiger partial charge in [0, 0.05) is 24.8 Å². The van der Waals surface area contributed by atoms with Gasteiger partial charge in [-0.25, -0.2) is 0 Å². The molecular weight excluding hydrogens is 234 g/mol. The van der Waals surface area contributed by atoms with Crippen LogP contribution in [0.15, 0.2) is 36.7 Å². The Bertz CT molecular complexity index is 499. The first-order valence-electron chi connectivity index (χ1n) is 6.96. The molecule has 19 heavy (non-hydrogen) atoms. The quantitative estimate of drug-likeness (QED) is 0.862. The van der Waals surface area contributed by atoms with E-state index in [1.54, 1.807) is 0 Å². The highest BCUT2D eigenvalue weighted by molar-refractivity contribution is 5.22. The first kappa shape index (κ1) is 13.8. The minimum absolute atomic E-state index is 0.389. The summed E-state index contributed by atoms with van der Waals surface area (Å²) in [5.74, 6) is 0. The molecule has 1 N–H and O–H groups in total. The molecule has 0 saturated carbocycles. The second kappa shape index (κ2) is 6.53. The molecule has 0 fully saturated rings. The van der Waals surface area contributed by atoms with Gasteiger partial charge in [0.15, 0.2) is 0 Å². The van der Waals surface area contributed by atoms with Gasteiger partial charge in [0.25, 0.3) is 0 Å². The van der Waals surface area contributed by atoms with E-state index in [4.69, 9.17) is 0 Å². The molecule has 0 aliphatic heterocycles. The molecule has 1 aromatic carbocycles. The summed E-state index contributed by atoms with van der Waals surface area (Å²) in [6, 6.07) is 9.20. The smallest absolute Gasteiger partial charge is 0.0537 e. The van der Waals surface area contributed by atoms with Gasteiger partial charge in [-0.1, -0.05) is 36.8 Å². The van der Waals surface area contributed by atoms with Crippen LogP contribution in [0.25, 0.3) is 0 Å². The SMILES string of the molecule is CCNC(CCc1ccc(C)cc1)c1cnn(C)c1. The van der Waals surface area contributed by atoms with Crippen molar-refractivity contribution in [2.24, 2.45) is 7.05 Å². The summed E-state index contributed by atoms with van der Waals surface area (Å²) in [5.41, 5.74) is 3.99. The predicted molar refractivity (Wildman–Crippen MR) is 79.1 cm³/mol. The number of nitrogens with zero attached hydrogens (tertiary/aromatic N) is 2. The van der Waals surface area contributed by atoms with Crippen molar-refractivity contribution in [3.05, 3.63) is 53.3 Å². The van der Waals surface area contributed by atoms with E-state index in [1.807, 2.05) is 17.9 Å². The van der Waals surface area contributed by atoms with Gasteiger partial charge in [-0.05, 0) is 31.9 Å². The van der Waals surface area contributed by atoms with Crippen LogP contribution in [0.4, 0.5) is 0 Å². The zero-order valence-electron chi connectivity index (χ0n) is 12.1. The number of benzene rings is 1. The van der Waals surface area contributed by atoms with Crippen molar-refractivity contribution in [2.75, 3.05) is 6.54 Å². The Morgan fingerprint density at radius 1 is 1.26 bits per heavy atom. The molecule has 0 saturated heterocycles. The molecule has 1 aromatic heterocycles. The molecule has 3 heteroatoms. The van der Waals surface area contributed by atoms with Gasteiger partial charge in [-0.3, -0.25) is 4.68 Å². The Labute approximate surface area is 115 Å². The van der Waals surface area contributed by atoms with Crippen LogP contribution in [-0.2, 0) is 13.5 Å². The van der Waals surface area contributed by atoms with Crippen LogP contribution >= 0.6 is 0 Å². The van der Waals surface area contributed by atoms with Crippen LogP contribution in [0.5, 0.6) is 0 Å². The van der Waals surface area contributed by atoms with Gasteiger partial charge < -0.3 is 5.32 Å². The van der Waals surface area contributed by atoms with Crippen molar-refractivity contribution in [3.63, 3.8) is 0 Å². The highest BCUT2D eigenvalue weighted by Crippen LogP contribution is 2.18. The van der Waals surface area contributed by atoms with Gasteiger partial charge in [0.1, 0.15) is 0 Å². The zero-order valence-corrected chi connectivity index (χ0v) is 12.1. The lowest BCUT2D eigenvalue weighted by Gasteiger charge is -2.16. The first-order valence-corrected chi connectivity index (χ1v) is 6.96. The minimum Gasteiger partial charge on any atom is -0.310 e. The van der Waals surface area contributed by atoms with E-state index in [1.165, 1.54) is 16.7 Å². The fourth-order valence-corrected chi connectivity index (χ4v) is 2.32. The fraction of sp³-hybridized carbons (Fsp3) is 0.438. The lowest BCUT2D eigenvalue weighted by molar-refractivity contribution is 0.515. The maximum atomic E-state index is 4.26. The number of aromatic nitrogens is 2. The van der Waals surface area contributed by atoms with Crippen LogP contribution in [0.2, 0.25) is 0 Å². The van der Waals surface area contributed by atoms with Gasteiger partial charge in [0.2, 0.25) is 0 Å². The molecule has 1 atom stereocenters. The van der Waals surface area contributed by atoms with Crippen LogP contribution in [-0.4, -0.2) is 16.3 Å². The van der Waals surface area contributed by atoms with Crippen molar-refractivity contribution in [3.8, 4) is 0 Å². The molecule has 3 nitrogen and oxygen atoms in total. The van der Waals surface area contributed by atoms with E-state index in [9.17, 15) is 0 Å². The highest BCUT2D eigenvalue weighted by atomic mass is 15.2. The third-order valence-corrected chi connectivity index (χ3v) is 3.42. The largest absolute Gasteiger partial charge is 0.310 e. The Kier molecular flexibility index (Phi) is 4.74. The monoisotopic (exact) mass is 257 g/mol. The molecule has 102 valence electrons.